The molecule has 118 valence electrons. The van der Waals surface area contributed by atoms with Crippen molar-refractivity contribution < 1.29 is 13.5 Å². The lowest BCUT2D eigenvalue weighted by Gasteiger charge is -2.52. The van der Waals surface area contributed by atoms with Crippen molar-refractivity contribution in [1.29, 1.82) is 0 Å². The standard InChI is InChI=1S/C16H22BrF2NO/c1-9(2)8-21-14-7-13(16(14,3)4)20-15-11(18)5-10(17)6-12(15)19/h5-6,9,13-14,20H,7-8H2,1-4H3. The molecule has 2 atom stereocenters. The molecule has 0 saturated heterocycles. The molecular formula is C16H22BrF2NO. The molecular weight excluding hydrogens is 340 g/mol. The third-order valence-electron chi connectivity index (χ3n) is 4.13. The normalized spacial score (nSPS) is 24.0. The Hall–Kier alpha value is -0.680. The first kappa shape index (κ1) is 16.7. The number of nitrogens with one attached hydrogen (secondary N) is 1. The monoisotopic (exact) mass is 361 g/mol. The van der Waals surface area contributed by atoms with Gasteiger partial charge in [0.1, 0.15) is 17.3 Å². The van der Waals surface area contributed by atoms with Crippen molar-refractivity contribution in [2.45, 2.75) is 46.3 Å². The molecule has 1 aromatic carbocycles. The first-order chi connectivity index (χ1) is 9.71. The van der Waals surface area contributed by atoms with Crippen molar-refractivity contribution in [3.05, 3.63) is 28.2 Å². The summed E-state index contributed by atoms with van der Waals surface area (Å²) in [6.07, 6.45) is 0.883. The van der Waals surface area contributed by atoms with Crippen LogP contribution in [-0.2, 0) is 4.74 Å². The van der Waals surface area contributed by atoms with Crippen molar-refractivity contribution in [2.24, 2.45) is 11.3 Å². The van der Waals surface area contributed by atoms with Crippen LogP contribution in [0.25, 0.3) is 0 Å². The van der Waals surface area contributed by atoms with E-state index in [1.165, 1.54) is 12.1 Å². The van der Waals surface area contributed by atoms with Crippen LogP contribution >= 0.6 is 15.9 Å². The Balaban J connectivity index is 2.03. The highest BCUT2D eigenvalue weighted by molar-refractivity contribution is 9.10. The van der Waals surface area contributed by atoms with Gasteiger partial charge in [0.25, 0.3) is 0 Å². The molecule has 0 spiro atoms. The molecule has 2 rings (SSSR count). The minimum atomic E-state index is -0.579. The fourth-order valence-corrected chi connectivity index (χ4v) is 2.98. The van der Waals surface area contributed by atoms with E-state index in [9.17, 15) is 8.78 Å². The summed E-state index contributed by atoms with van der Waals surface area (Å²) >= 11 is 3.08. The number of rotatable bonds is 5. The Morgan fingerprint density at radius 3 is 2.38 bits per heavy atom. The maximum Gasteiger partial charge on any atom is 0.150 e. The van der Waals surface area contributed by atoms with Crippen molar-refractivity contribution in [3.63, 3.8) is 0 Å². The zero-order chi connectivity index (χ0) is 15.8. The van der Waals surface area contributed by atoms with Gasteiger partial charge in [-0.2, -0.15) is 0 Å². The molecule has 0 aliphatic heterocycles. The van der Waals surface area contributed by atoms with Gasteiger partial charge in [0.05, 0.1) is 6.10 Å². The molecule has 1 saturated carbocycles. The lowest BCUT2D eigenvalue weighted by Crippen LogP contribution is -2.58. The maximum absolute atomic E-state index is 13.9. The molecule has 5 heteroatoms. The van der Waals surface area contributed by atoms with Gasteiger partial charge >= 0.3 is 0 Å². The zero-order valence-electron chi connectivity index (χ0n) is 12.8. The lowest BCUT2D eigenvalue weighted by molar-refractivity contribution is -0.109. The van der Waals surface area contributed by atoms with Gasteiger partial charge < -0.3 is 10.1 Å². The molecule has 1 N–H and O–H groups in total. The molecule has 1 fully saturated rings. The van der Waals surface area contributed by atoms with Crippen LogP contribution < -0.4 is 5.32 Å². The molecule has 1 aliphatic carbocycles. The van der Waals surface area contributed by atoms with Crippen LogP contribution in [0.3, 0.4) is 0 Å². The van der Waals surface area contributed by atoms with Crippen LogP contribution in [0.15, 0.2) is 16.6 Å². The van der Waals surface area contributed by atoms with E-state index >= 15 is 0 Å². The van der Waals surface area contributed by atoms with Crippen LogP contribution in [0.2, 0.25) is 0 Å². The van der Waals surface area contributed by atoms with Crippen LogP contribution in [0.4, 0.5) is 14.5 Å². The molecule has 21 heavy (non-hydrogen) atoms. The predicted octanol–water partition coefficient (Wildman–Crippen LogP) is 4.98. The van der Waals surface area contributed by atoms with Gasteiger partial charge in [-0.3, -0.25) is 0 Å². The van der Waals surface area contributed by atoms with Crippen LogP contribution in [0.5, 0.6) is 0 Å². The Labute approximate surface area is 133 Å². The van der Waals surface area contributed by atoms with Gasteiger partial charge in [-0.25, -0.2) is 8.78 Å². The molecule has 1 aromatic rings. The first-order valence-electron chi connectivity index (χ1n) is 7.24. The van der Waals surface area contributed by atoms with Gasteiger partial charge in [-0.1, -0.05) is 43.6 Å². The highest BCUT2D eigenvalue weighted by Crippen LogP contribution is 2.45. The predicted molar refractivity (Wildman–Crippen MR) is 84.4 cm³/mol. The smallest absolute Gasteiger partial charge is 0.150 e. The first-order valence-corrected chi connectivity index (χ1v) is 8.03. The van der Waals surface area contributed by atoms with Crippen molar-refractivity contribution in [3.8, 4) is 0 Å². The van der Waals surface area contributed by atoms with E-state index in [1.807, 2.05) is 0 Å². The van der Waals surface area contributed by atoms with Crippen molar-refractivity contribution in [2.75, 3.05) is 11.9 Å². The topological polar surface area (TPSA) is 21.3 Å². The second-order valence-electron chi connectivity index (χ2n) is 6.71. The summed E-state index contributed by atoms with van der Waals surface area (Å²) in [5.41, 5.74) is -0.209. The van der Waals surface area contributed by atoms with Crippen molar-refractivity contribution in [1.82, 2.24) is 0 Å². The summed E-state index contributed by atoms with van der Waals surface area (Å²) in [6, 6.07) is 2.54. The molecule has 0 bridgehead atoms. The Morgan fingerprint density at radius 2 is 1.90 bits per heavy atom. The number of hydrogen-bond acceptors (Lipinski definition) is 2. The molecule has 0 heterocycles. The number of anilines is 1. The largest absolute Gasteiger partial charge is 0.377 e. The van der Waals surface area contributed by atoms with Crippen molar-refractivity contribution >= 4 is 21.6 Å². The van der Waals surface area contributed by atoms with Gasteiger partial charge in [0, 0.05) is 22.5 Å². The quantitative estimate of drug-likeness (QED) is 0.798. The molecule has 0 amide bonds. The van der Waals surface area contributed by atoms with E-state index < -0.39 is 11.6 Å². The maximum atomic E-state index is 13.9. The summed E-state index contributed by atoms with van der Waals surface area (Å²) < 4.78 is 34.0. The average molecular weight is 362 g/mol. The summed E-state index contributed by atoms with van der Waals surface area (Å²) in [4.78, 5) is 0. The summed E-state index contributed by atoms with van der Waals surface area (Å²) in [5, 5.41) is 3.00. The highest BCUT2D eigenvalue weighted by atomic mass is 79.9. The van der Waals surface area contributed by atoms with Crippen LogP contribution in [0, 0.1) is 23.0 Å². The second kappa shape index (κ2) is 6.21. The van der Waals surface area contributed by atoms with E-state index in [1.54, 1.807) is 0 Å². The van der Waals surface area contributed by atoms with E-state index in [4.69, 9.17) is 4.74 Å². The number of halogens is 3. The van der Waals surface area contributed by atoms with Gasteiger partial charge in [-0.05, 0) is 24.5 Å². The van der Waals surface area contributed by atoms with Gasteiger partial charge in [0.15, 0.2) is 0 Å². The number of hydrogen-bond donors (Lipinski definition) is 1. The molecule has 2 unspecified atom stereocenters. The molecule has 0 aromatic heterocycles. The minimum absolute atomic E-state index is 0.000150. The zero-order valence-corrected chi connectivity index (χ0v) is 14.4. The SMILES string of the molecule is CC(C)COC1CC(Nc2c(F)cc(Br)cc2F)C1(C)C. The lowest BCUT2D eigenvalue weighted by atomic mass is 9.64. The third-order valence-corrected chi connectivity index (χ3v) is 4.59. The van der Waals surface area contributed by atoms with E-state index in [-0.39, 0.29) is 23.2 Å². The Kier molecular flexibility index (Phi) is 4.93. The van der Waals surface area contributed by atoms with Gasteiger partial charge in [-0.15, -0.1) is 0 Å². The summed E-state index contributed by atoms with van der Waals surface area (Å²) in [7, 11) is 0. The third kappa shape index (κ3) is 3.57. The molecule has 0 radical (unpaired) electrons. The fourth-order valence-electron chi connectivity index (χ4n) is 2.58. The number of benzene rings is 1. The summed E-state index contributed by atoms with van der Waals surface area (Å²) in [5.74, 6) is -0.678. The van der Waals surface area contributed by atoms with Crippen LogP contribution in [0.1, 0.15) is 34.1 Å². The fraction of sp³-hybridized carbons (Fsp3) is 0.625. The number of ether oxygens (including phenoxy) is 1. The van der Waals surface area contributed by atoms with E-state index in [0.29, 0.717) is 17.0 Å². The second-order valence-corrected chi connectivity index (χ2v) is 7.63. The van der Waals surface area contributed by atoms with Crippen LogP contribution in [-0.4, -0.2) is 18.8 Å². The van der Waals surface area contributed by atoms with E-state index in [2.05, 4.69) is 48.9 Å². The Bertz CT molecular complexity index is 496. The molecule has 1 aliphatic rings. The Morgan fingerprint density at radius 1 is 1.33 bits per heavy atom. The highest BCUT2D eigenvalue weighted by Gasteiger charge is 2.49. The summed E-state index contributed by atoms with van der Waals surface area (Å²) in [6.45, 7) is 9.05. The minimum Gasteiger partial charge on any atom is -0.377 e. The van der Waals surface area contributed by atoms with E-state index in [0.717, 1.165) is 6.42 Å². The average Bonchev–Trinajstić information content (AvgIpc) is 2.34. The van der Waals surface area contributed by atoms with Gasteiger partial charge in [0.2, 0.25) is 0 Å². The molecule has 2 nitrogen and oxygen atoms in total.